The Morgan fingerprint density at radius 1 is 1.47 bits per heavy atom. The van der Waals surface area contributed by atoms with Gasteiger partial charge in [0.1, 0.15) is 6.04 Å². The first kappa shape index (κ1) is 14.3. The highest BCUT2D eigenvalue weighted by Crippen LogP contribution is 2.30. The molecular weight excluding hydrogens is 248 g/mol. The molecule has 2 aliphatic rings. The second kappa shape index (κ2) is 5.46. The summed E-state index contributed by atoms with van der Waals surface area (Å²) in [6.07, 6.45) is 2.66. The summed E-state index contributed by atoms with van der Waals surface area (Å²) < 4.78 is 0. The molecule has 1 unspecified atom stereocenters. The summed E-state index contributed by atoms with van der Waals surface area (Å²) in [5, 5.41) is 22.1. The average molecular weight is 270 g/mol. The number of carbonyl (C=O) groups excluding carboxylic acids is 1. The van der Waals surface area contributed by atoms with Crippen molar-refractivity contribution in [3.8, 4) is 0 Å². The highest BCUT2D eigenvalue weighted by Gasteiger charge is 2.48. The Morgan fingerprint density at radius 3 is 2.74 bits per heavy atom. The fourth-order valence-electron chi connectivity index (χ4n) is 3.28. The summed E-state index contributed by atoms with van der Waals surface area (Å²) in [7, 11) is 0. The summed E-state index contributed by atoms with van der Waals surface area (Å²) in [5.74, 6) is -1.19. The van der Waals surface area contributed by atoms with Crippen LogP contribution < -0.4 is 5.32 Å². The van der Waals surface area contributed by atoms with Crippen molar-refractivity contribution >= 4 is 11.9 Å². The van der Waals surface area contributed by atoms with Crippen LogP contribution in [-0.4, -0.2) is 57.8 Å². The standard InChI is InChI=1S/C13H22N2O4/c1-2-4-13(5-3-6-14-13)12(19)15-8-9(16)7-10(15)11(17)18/h9-10,14,16H,2-8H2,1H3,(H,17,18)/t9-,10+,13?/m1/s1. The summed E-state index contributed by atoms with van der Waals surface area (Å²) >= 11 is 0. The van der Waals surface area contributed by atoms with Crippen LogP contribution in [0.5, 0.6) is 0 Å². The average Bonchev–Trinajstić information content (AvgIpc) is 2.96. The predicted octanol–water partition coefficient (Wildman–Crippen LogP) is -0.0449. The molecule has 3 N–H and O–H groups in total. The van der Waals surface area contributed by atoms with Gasteiger partial charge in [-0.2, -0.15) is 0 Å². The first-order chi connectivity index (χ1) is 9.00. The summed E-state index contributed by atoms with van der Waals surface area (Å²) in [6.45, 7) is 2.94. The lowest BCUT2D eigenvalue weighted by Gasteiger charge is -2.34. The molecule has 1 amide bonds. The number of carboxylic acid groups (broad SMARTS) is 1. The van der Waals surface area contributed by atoms with Crippen LogP contribution in [0.2, 0.25) is 0 Å². The first-order valence-corrected chi connectivity index (χ1v) is 6.97. The van der Waals surface area contributed by atoms with Gasteiger partial charge in [-0.15, -0.1) is 0 Å². The minimum Gasteiger partial charge on any atom is -0.480 e. The number of hydrogen-bond acceptors (Lipinski definition) is 4. The molecule has 3 atom stereocenters. The van der Waals surface area contributed by atoms with Crippen molar-refractivity contribution in [3.63, 3.8) is 0 Å². The molecule has 108 valence electrons. The van der Waals surface area contributed by atoms with Gasteiger partial charge in [0, 0.05) is 13.0 Å². The number of aliphatic hydroxyl groups is 1. The van der Waals surface area contributed by atoms with Gasteiger partial charge in [-0.05, 0) is 25.8 Å². The molecule has 2 heterocycles. The molecule has 2 rings (SSSR count). The van der Waals surface area contributed by atoms with Crippen LogP contribution in [0.4, 0.5) is 0 Å². The maximum Gasteiger partial charge on any atom is 0.326 e. The van der Waals surface area contributed by atoms with Crippen LogP contribution in [0.15, 0.2) is 0 Å². The fourth-order valence-corrected chi connectivity index (χ4v) is 3.28. The summed E-state index contributed by atoms with van der Waals surface area (Å²) in [4.78, 5) is 25.3. The quantitative estimate of drug-likeness (QED) is 0.666. The Labute approximate surface area is 112 Å². The van der Waals surface area contributed by atoms with Crippen LogP contribution in [-0.2, 0) is 9.59 Å². The molecule has 0 aromatic heterocycles. The van der Waals surface area contributed by atoms with Crippen LogP contribution in [0.1, 0.15) is 39.0 Å². The SMILES string of the molecule is CCCC1(C(=O)N2C[C@H](O)C[C@H]2C(=O)O)CCCN1. The van der Waals surface area contributed by atoms with E-state index in [0.29, 0.717) is 6.42 Å². The molecular formula is C13H22N2O4. The fraction of sp³-hybridized carbons (Fsp3) is 0.846. The van der Waals surface area contributed by atoms with Crippen molar-refractivity contribution in [2.75, 3.05) is 13.1 Å². The van der Waals surface area contributed by atoms with Gasteiger partial charge in [-0.3, -0.25) is 4.79 Å². The number of carboxylic acids is 1. The van der Waals surface area contributed by atoms with Gasteiger partial charge >= 0.3 is 5.97 Å². The normalized spacial score (nSPS) is 34.7. The molecule has 0 bridgehead atoms. The van der Waals surface area contributed by atoms with E-state index in [1.54, 1.807) is 0 Å². The third-order valence-electron chi connectivity index (χ3n) is 4.15. The van der Waals surface area contributed by atoms with Crippen LogP contribution >= 0.6 is 0 Å². The third kappa shape index (κ3) is 2.60. The van der Waals surface area contributed by atoms with Crippen molar-refractivity contribution in [1.29, 1.82) is 0 Å². The van der Waals surface area contributed by atoms with Gasteiger partial charge in [0.25, 0.3) is 0 Å². The lowest BCUT2D eigenvalue weighted by atomic mass is 9.90. The van der Waals surface area contributed by atoms with E-state index in [1.165, 1.54) is 4.90 Å². The van der Waals surface area contributed by atoms with E-state index in [0.717, 1.165) is 25.8 Å². The monoisotopic (exact) mass is 270 g/mol. The molecule has 0 aromatic rings. The molecule has 6 heteroatoms. The molecule has 2 saturated heterocycles. The lowest BCUT2D eigenvalue weighted by Crippen LogP contribution is -2.57. The topological polar surface area (TPSA) is 89.9 Å². The third-order valence-corrected chi connectivity index (χ3v) is 4.15. The van der Waals surface area contributed by atoms with Crippen LogP contribution in [0, 0.1) is 0 Å². The number of carbonyl (C=O) groups is 2. The molecule has 0 aromatic carbocycles. The highest BCUT2D eigenvalue weighted by molar-refractivity contribution is 5.91. The predicted molar refractivity (Wildman–Crippen MR) is 68.6 cm³/mol. The van der Waals surface area contributed by atoms with Gasteiger partial charge < -0.3 is 20.4 Å². The van der Waals surface area contributed by atoms with E-state index in [9.17, 15) is 19.8 Å². The molecule has 0 aliphatic carbocycles. The van der Waals surface area contributed by atoms with E-state index < -0.39 is 23.7 Å². The molecule has 2 fully saturated rings. The number of β-amino-alcohol motifs (C(OH)–C–C–N with tert-alkyl or cyclic N) is 1. The number of aliphatic hydroxyl groups excluding tert-OH is 1. The molecule has 6 nitrogen and oxygen atoms in total. The van der Waals surface area contributed by atoms with Gasteiger partial charge in [-0.1, -0.05) is 13.3 Å². The minimum absolute atomic E-state index is 0.128. The summed E-state index contributed by atoms with van der Waals surface area (Å²) in [6, 6.07) is -0.890. The number of nitrogens with zero attached hydrogens (tertiary/aromatic N) is 1. The second-order valence-electron chi connectivity index (χ2n) is 5.56. The molecule has 0 spiro atoms. The number of hydrogen-bond donors (Lipinski definition) is 3. The summed E-state index contributed by atoms with van der Waals surface area (Å²) in [5.41, 5.74) is -0.619. The van der Waals surface area contributed by atoms with E-state index >= 15 is 0 Å². The Balaban J connectivity index is 2.19. The van der Waals surface area contributed by atoms with Crippen molar-refractivity contribution in [2.45, 2.75) is 56.7 Å². The molecule has 0 saturated carbocycles. The Kier molecular flexibility index (Phi) is 4.10. The van der Waals surface area contributed by atoms with Crippen molar-refractivity contribution in [1.82, 2.24) is 10.2 Å². The zero-order valence-electron chi connectivity index (χ0n) is 11.3. The lowest BCUT2D eigenvalue weighted by molar-refractivity contribution is -0.151. The number of likely N-dealkylation sites (tertiary alicyclic amines) is 1. The maximum atomic E-state index is 12.7. The maximum absolute atomic E-state index is 12.7. The number of rotatable bonds is 4. The van der Waals surface area contributed by atoms with Gasteiger partial charge in [0.15, 0.2) is 0 Å². The Bertz CT molecular complexity index is 366. The van der Waals surface area contributed by atoms with Crippen LogP contribution in [0.25, 0.3) is 0 Å². The van der Waals surface area contributed by atoms with E-state index in [1.807, 2.05) is 6.92 Å². The largest absolute Gasteiger partial charge is 0.480 e. The molecule has 19 heavy (non-hydrogen) atoms. The first-order valence-electron chi connectivity index (χ1n) is 6.97. The zero-order valence-corrected chi connectivity index (χ0v) is 11.3. The van der Waals surface area contributed by atoms with E-state index in [2.05, 4.69) is 5.32 Å². The van der Waals surface area contributed by atoms with Crippen molar-refractivity contribution in [3.05, 3.63) is 0 Å². The van der Waals surface area contributed by atoms with E-state index in [-0.39, 0.29) is 18.9 Å². The number of aliphatic carboxylic acids is 1. The van der Waals surface area contributed by atoms with Gasteiger partial charge in [0.2, 0.25) is 5.91 Å². The van der Waals surface area contributed by atoms with E-state index in [4.69, 9.17) is 0 Å². The number of nitrogens with one attached hydrogen (secondary N) is 1. The number of amides is 1. The molecule has 2 aliphatic heterocycles. The Morgan fingerprint density at radius 2 is 2.21 bits per heavy atom. The van der Waals surface area contributed by atoms with Crippen molar-refractivity contribution < 1.29 is 19.8 Å². The Hall–Kier alpha value is -1.14. The molecule has 0 radical (unpaired) electrons. The van der Waals surface area contributed by atoms with Crippen molar-refractivity contribution in [2.24, 2.45) is 0 Å². The van der Waals surface area contributed by atoms with Gasteiger partial charge in [0.05, 0.1) is 11.6 Å². The minimum atomic E-state index is -1.03. The highest BCUT2D eigenvalue weighted by atomic mass is 16.4. The van der Waals surface area contributed by atoms with Gasteiger partial charge in [-0.25, -0.2) is 4.79 Å². The second-order valence-corrected chi connectivity index (χ2v) is 5.56. The van der Waals surface area contributed by atoms with Crippen LogP contribution in [0.3, 0.4) is 0 Å². The zero-order chi connectivity index (χ0) is 14.0. The smallest absolute Gasteiger partial charge is 0.326 e.